The van der Waals surface area contributed by atoms with Gasteiger partial charge in [-0.25, -0.2) is 0 Å². The number of aromatic amines is 1. The fourth-order valence-electron chi connectivity index (χ4n) is 2.28. The molecule has 0 radical (unpaired) electrons. The quantitative estimate of drug-likeness (QED) is 0.723. The SMILES string of the molecule is CCCCCC(C)NCc1n[nH]nc1-c1ccccc1. The number of nitrogens with one attached hydrogen (secondary N) is 2. The van der Waals surface area contributed by atoms with Crippen molar-refractivity contribution in [2.45, 2.75) is 52.1 Å². The lowest BCUT2D eigenvalue weighted by Gasteiger charge is -2.12. The Morgan fingerprint density at radius 2 is 1.95 bits per heavy atom. The first-order valence-electron chi connectivity index (χ1n) is 7.49. The maximum Gasteiger partial charge on any atom is 0.117 e. The topological polar surface area (TPSA) is 53.6 Å². The summed E-state index contributed by atoms with van der Waals surface area (Å²) < 4.78 is 0. The maximum atomic E-state index is 4.26. The summed E-state index contributed by atoms with van der Waals surface area (Å²) in [6.45, 7) is 5.23. The average molecular weight is 272 g/mol. The highest BCUT2D eigenvalue weighted by molar-refractivity contribution is 5.60. The van der Waals surface area contributed by atoms with Crippen LogP contribution in [-0.4, -0.2) is 21.5 Å². The molecule has 2 aromatic rings. The molecule has 108 valence electrons. The van der Waals surface area contributed by atoms with Crippen molar-refractivity contribution in [3.05, 3.63) is 36.0 Å². The van der Waals surface area contributed by atoms with Crippen LogP contribution < -0.4 is 5.32 Å². The molecule has 0 spiro atoms. The molecule has 2 N–H and O–H groups in total. The highest BCUT2D eigenvalue weighted by Crippen LogP contribution is 2.18. The monoisotopic (exact) mass is 272 g/mol. The summed E-state index contributed by atoms with van der Waals surface area (Å²) in [7, 11) is 0. The number of nitrogens with zero attached hydrogens (tertiary/aromatic N) is 2. The van der Waals surface area contributed by atoms with Crippen LogP contribution >= 0.6 is 0 Å². The van der Waals surface area contributed by atoms with Crippen LogP contribution in [0.5, 0.6) is 0 Å². The van der Waals surface area contributed by atoms with Crippen LogP contribution in [0.3, 0.4) is 0 Å². The van der Waals surface area contributed by atoms with Crippen molar-refractivity contribution >= 4 is 0 Å². The third kappa shape index (κ3) is 4.17. The molecule has 0 saturated carbocycles. The molecular weight excluding hydrogens is 248 g/mol. The van der Waals surface area contributed by atoms with Gasteiger partial charge in [0.05, 0.1) is 0 Å². The Morgan fingerprint density at radius 1 is 1.15 bits per heavy atom. The van der Waals surface area contributed by atoms with E-state index in [2.05, 4.69) is 46.7 Å². The fourth-order valence-corrected chi connectivity index (χ4v) is 2.28. The second-order valence-electron chi connectivity index (χ2n) is 5.26. The lowest BCUT2D eigenvalue weighted by Crippen LogP contribution is -2.25. The van der Waals surface area contributed by atoms with Gasteiger partial charge in [0.15, 0.2) is 0 Å². The molecule has 0 amide bonds. The molecule has 0 bridgehead atoms. The lowest BCUT2D eigenvalue weighted by molar-refractivity contribution is 0.484. The van der Waals surface area contributed by atoms with E-state index in [1.165, 1.54) is 25.7 Å². The number of H-pyrrole nitrogens is 1. The molecule has 1 heterocycles. The predicted octanol–water partition coefficient (Wildman–Crippen LogP) is 3.53. The Bertz CT molecular complexity index is 492. The molecule has 0 aliphatic rings. The van der Waals surface area contributed by atoms with Crippen molar-refractivity contribution < 1.29 is 0 Å². The Hall–Kier alpha value is -1.68. The van der Waals surface area contributed by atoms with Crippen molar-refractivity contribution in [2.75, 3.05) is 0 Å². The van der Waals surface area contributed by atoms with Crippen molar-refractivity contribution in [2.24, 2.45) is 0 Å². The van der Waals surface area contributed by atoms with Crippen LogP contribution in [0.15, 0.2) is 30.3 Å². The Morgan fingerprint density at radius 3 is 2.70 bits per heavy atom. The summed E-state index contributed by atoms with van der Waals surface area (Å²) in [6, 6.07) is 10.7. The van der Waals surface area contributed by atoms with Gasteiger partial charge in [-0.2, -0.15) is 15.4 Å². The lowest BCUT2D eigenvalue weighted by atomic mass is 10.1. The zero-order valence-electron chi connectivity index (χ0n) is 12.4. The zero-order valence-corrected chi connectivity index (χ0v) is 12.4. The third-order valence-corrected chi connectivity index (χ3v) is 3.53. The van der Waals surface area contributed by atoms with Gasteiger partial charge in [0.2, 0.25) is 0 Å². The molecule has 0 saturated heterocycles. The first kappa shape index (κ1) is 14.7. The van der Waals surface area contributed by atoms with Crippen LogP contribution in [0.4, 0.5) is 0 Å². The van der Waals surface area contributed by atoms with E-state index in [9.17, 15) is 0 Å². The van der Waals surface area contributed by atoms with Gasteiger partial charge in [0.25, 0.3) is 0 Å². The standard InChI is InChI=1S/C16H24N4/c1-3-4-6-9-13(2)17-12-15-16(19-20-18-15)14-10-7-5-8-11-14/h5,7-8,10-11,13,17H,3-4,6,9,12H2,1-2H3,(H,18,19,20). The summed E-state index contributed by atoms with van der Waals surface area (Å²) in [5, 5.41) is 14.8. The predicted molar refractivity (Wildman–Crippen MR) is 82.3 cm³/mol. The molecule has 20 heavy (non-hydrogen) atoms. The largest absolute Gasteiger partial charge is 0.309 e. The van der Waals surface area contributed by atoms with Crippen LogP contribution in [0.25, 0.3) is 11.3 Å². The van der Waals surface area contributed by atoms with Gasteiger partial charge in [-0.15, -0.1) is 0 Å². The third-order valence-electron chi connectivity index (χ3n) is 3.53. The molecule has 1 aromatic carbocycles. The summed E-state index contributed by atoms with van der Waals surface area (Å²) in [6.07, 6.45) is 5.08. The normalized spacial score (nSPS) is 12.5. The van der Waals surface area contributed by atoms with Crippen LogP contribution in [0, 0.1) is 0 Å². The molecule has 4 heteroatoms. The van der Waals surface area contributed by atoms with Crippen molar-refractivity contribution in [1.82, 2.24) is 20.7 Å². The number of benzene rings is 1. The Kier molecular flexibility index (Phi) is 5.74. The Labute approximate surface area is 121 Å². The summed E-state index contributed by atoms with van der Waals surface area (Å²) in [4.78, 5) is 0. The van der Waals surface area contributed by atoms with Crippen molar-refractivity contribution in [3.8, 4) is 11.3 Å². The van der Waals surface area contributed by atoms with Crippen LogP contribution in [-0.2, 0) is 6.54 Å². The van der Waals surface area contributed by atoms with Gasteiger partial charge < -0.3 is 5.32 Å². The summed E-state index contributed by atoms with van der Waals surface area (Å²) in [5.74, 6) is 0. The molecule has 0 aliphatic heterocycles. The zero-order chi connectivity index (χ0) is 14.2. The molecular formula is C16H24N4. The van der Waals surface area contributed by atoms with E-state index in [1.54, 1.807) is 0 Å². The molecule has 4 nitrogen and oxygen atoms in total. The molecule has 1 unspecified atom stereocenters. The number of rotatable bonds is 8. The molecule has 0 aliphatic carbocycles. The minimum Gasteiger partial charge on any atom is -0.309 e. The van der Waals surface area contributed by atoms with E-state index in [-0.39, 0.29) is 0 Å². The summed E-state index contributed by atoms with van der Waals surface area (Å²) >= 11 is 0. The molecule has 2 rings (SSSR count). The highest BCUT2D eigenvalue weighted by Gasteiger charge is 2.10. The number of unbranched alkanes of at least 4 members (excludes halogenated alkanes) is 2. The van der Waals surface area contributed by atoms with Crippen molar-refractivity contribution in [3.63, 3.8) is 0 Å². The molecule has 0 fully saturated rings. The fraction of sp³-hybridized carbons (Fsp3) is 0.500. The maximum absolute atomic E-state index is 4.26. The van der Waals surface area contributed by atoms with Crippen LogP contribution in [0.2, 0.25) is 0 Å². The van der Waals surface area contributed by atoms with E-state index in [0.29, 0.717) is 6.04 Å². The van der Waals surface area contributed by atoms with E-state index >= 15 is 0 Å². The van der Waals surface area contributed by atoms with Crippen LogP contribution in [0.1, 0.15) is 45.2 Å². The smallest absolute Gasteiger partial charge is 0.117 e. The minimum atomic E-state index is 0.516. The van der Waals surface area contributed by atoms with E-state index in [4.69, 9.17) is 0 Å². The van der Waals surface area contributed by atoms with E-state index in [1.807, 2.05) is 18.2 Å². The highest BCUT2D eigenvalue weighted by atomic mass is 15.3. The van der Waals surface area contributed by atoms with E-state index in [0.717, 1.165) is 23.5 Å². The van der Waals surface area contributed by atoms with Gasteiger partial charge in [-0.1, -0.05) is 56.5 Å². The van der Waals surface area contributed by atoms with Gasteiger partial charge in [0.1, 0.15) is 11.4 Å². The Balaban J connectivity index is 1.90. The first-order valence-corrected chi connectivity index (χ1v) is 7.49. The summed E-state index contributed by atoms with van der Waals surface area (Å²) in [5.41, 5.74) is 3.04. The average Bonchev–Trinajstić information content (AvgIpc) is 2.95. The number of hydrogen-bond donors (Lipinski definition) is 2. The van der Waals surface area contributed by atoms with Gasteiger partial charge in [0, 0.05) is 18.2 Å². The minimum absolute atomic E-state index is 0.516. The molecule has 1 atom stereocenters. The van der Waals surface area contributed by atoms with E-state index < -0.39 is 0 Å². The molecule has 1 aromatic heterocycles. The number of aromatic nitrogens is 3. The second-order valence-corrected chi connectivity index (χ2v) is 5.26. The second kappa shape index (κ2) is 7.80. The van der Waals surface area contributed by atoms with Gasteiger partial charge >= 0.3 is 0 Å². The van der Waals surface area contributed by atoms with Gasteiger partial charge in [-0.3, -0.25) is 0 Å². The van der Waals surface area contributed by atoms with Gasteiger partial charge in [-0.05, 0) is 13.3 Å². The first-order chi connectivity index (χ1) is 9.81. The van der Waals surface area contributed by atoms with Crippen molar-refractivity contribution in [1.29, 1.82) is 0 Å². The number of hydrogen-bond acceptors (Lipinski definition) is 3.